The van der Waals surface area contributed by atoms with Crippen LogP contribution in [0.1, 0.15) is 20.8 Å². The molecule has 1 aromatic carbocycles. The maximum atomic E-state index is 12.3. The zero-order valence-corrected chi connectivity index (χ0v) is 13.1. The van der Waals surface area contributed by atoms with E-state index in [0.717, 1.165) is 0 Å². The van der Waals surface area contributed by atoms with Crippen molar-refractivity contribution in [3.8, 4) is 5.69 Å². The summed E-state index contributed by atoms with van der Waals surface area (Å²) in [5, 5.41) is 3.37. The van der Waals surface area contributed by atoms with Gasteiger partial charge in [0.25, 0.3) is 0 Å². The molecule has 0 fully saturated rings. The van der Waals surface area contributed by atoms with Crippen molar-refractivity contribution in [3.63, 3.8) is 0 Å². The molecule has 0 aliphatic heterocycles. The van der Waals surface area contributed by atoms with E-state index in [1.54, 1.807) is 41.5 Å². The number of hydrogen-bond acceptors (Lipinski definition) is 3. The Balaban J connectivity index is 2.34. The number of halogens is 1. The molecule has 1 atom stereocenters. The highest BCUT2D eigenvalue weighted by Gasteiger charge is 2.28. The fraction of sp³-hybridized carbons (Fsp3) is 0.333. The van der Waals surface area contributed by atoms with Gasteiger partial charge in [-0.15, -0.1) is 0 Å². The van der Waals surface area contributed by atoms with Crippen molar-refractivity contribution in [2.24, 2.45) is 11.1 Å². The van der Waals surface area contributed by atoms with Gasteiger partial charge in [-0.1, -0.05) is 38.4 Å². The molecule has 0 saturated heterocycles. The number of nitrogens with two attached hydrogens (primary N) is 1. The molecule has 1 aromatic heterocycles. The molecule has 0 aliphatic carbocycles. The molecule has 2 rings (SSSR count). The quantitative estimate of drug-likeness (QED) is 0.916. The van der Waals surface area contributed by atoms with E-state index >= 15 is 0 Å². The number of para-hydroxylation sites is 1. The van der Waals surface area contributed by atoms with Crippen LogP contribution >= 0.6 is 11.6 Å². The average Bonchev–Trinajstić information content (AvgIpc) is 2.90. The molecule has 2 aromatic rings. The van der Waals surface area contributed by atoms with Gasteiger partial charge in [0, 0.05) is 12.4 Å². The Kier molecular flexibility index (Phi) is 4.34. The van der Waals surface area contributed by atoms with Gasteiger partial charge in [-0.25, -0.2) is 4.98 Å². The molecule has 1 amide bonds. The lowest BCUT2D eigenvalue weighted by Crippen LogP contribution is -2.45. The van der Waals surface area contributed by atoms with Gasteiger partial charge in [0.2, 0.25) is 5.91 Å². The fourth-order valence-corrected chi connectivity index (χ4v) is 2.15. The summed E-state index contributed by atoms with van der Waals surface area (Å²) in [5.41, 5.74) is 6.94. The van der Waals surface area contributed by atoms with Gasteiger partial charge in [0.1, 0.15) is 0 Å². The molecule has 0 radical (unpaired) electrons. The number of hydrogen-bond donors (Lipinski definition) is 2. The van der Waals surface area contributed by atoms with Gasteiger partial charge < -0.3 is 15.6 Å². The molecule has 1 heterocycles. The summed E-state index contributed by atoms with van der Waals surface area (Å²) in [6, 6.07) is 4.71. The lowest BCUT2D eigenvalue weighted by atomic mass is 9.87. The average molecular weight is 307 g/mol. The minimum atomic E-state index is -0.618. The van der Waals surface area contributed by atoms with Gasteiger partial charge in [-0.2, -0.15) is 0 Å². The number of aromatic nitrogens is 2. The molecular weight excluding hydrogens is 288 g/mol. The lowest BCUT2D eigenvalue weighted by molar-refractivity contribution is -0.119. The zero-order chi connectivity index (χ0) is 15.6. The van der Waals surface area contributed by atoms with E-state index in [1.807, 2.05) is 20.8 Å². The minimum Gasteiger partial charge on any atom is -0.323 e. The molecule has 3 N–H and O–H groups in total. The Morgan fingerprint density at radius 1 is 1.43 bits per heavy atom. The smallest absolute Gasteiger partial charge is 0.241 e. The highest BCUT2D eigenvalue weighted by Crippen LogP contribution is 2.29. The lowest BCUT2D eigenvalue weighted by Gasteiger charge is -2.26. The number of carbonyl (C=O) groups excluding carboxylic acids is 1. The van der Waals surface area contributed by atoms with E-state index < -0.39 is 6.04 Å². The molecule has 0 spiro atoms. The first-order valence-electron chi connectivity index (χ1n) is 6.64. The van der Waals surface area contributed by atoms with Crippen molar-refractivity contribution in [1.29, 1.82) is 0 Å². The third-order valence-corrected chi connectivity index (χ3v) is 3.53. The first-order valence-corrected chi connectivity index (χ1v) is 7.02. The van der Waals surface area contributed by atoms with Gasteiger partial charge in [-0.05, 0) is 17.5 Å². The third-order valence-electron chi connectivity index (χ3n) is 3.22. The minimum absolute atomic E-state index is 0.244. The highest BCUT2D eigenvalue weighted by atomic mass is 35.5. The molecule has 0 bridgehead atoms. The van der Waals surface area contributed by atoms with Crippen molar-refractivity contribution < 1.29 is 4.79 Å². The maximum absolute atomic E-state index is 12.3. The first-order chi connectivity index (χ1) is 9.80. The summed E-state index contributed by atoms with van der Waals surface area (Å²) < 4.78 is 1.75. The molecule has 0 saturated carbocycles. The Bertz CT molecular complexity index is 632. The summed E-state index contributed by atoms with van der Waals surface area (Å²) in [6.07, 6.45) is 5.04. The zero-order valence-electron chi connectivity index (χ0n) is 12.3. The second-order valence-corrected chi connectivity index (χ2v) is 6.35. The van der Waals surface area contributed by atoms with Crippen LogP contribution in [0.5, 0.6) is 0 Å². The van der Waals surface area contributed by atoms with Gasteiger partial charge in [-0.3, -0.25) is 4.79 Å². The van der Waals surface area contributed by atoms with Crippen LogP contribution in [0.4, 0.5) is 5.69 Å². The Hall–Kier alpha value is -1.85. The second-order valence-electron chi connectivity index (χ2n) is 5.94. The monoisotopic (exact) mass is 306 g/mol. The number of carbonyl (C=O) groups is 1. The van der Waals surface area contributed by atoms with Crippen LogP contribution in [0.2, 0.25) is 5.02 Å². The summed E-state index contributed by atoms with van der Waals surface area (Å²) in [4.78, 5) is 16.3. The normalized spacial score (nSPS) is 13.0. The summed E-state index contributed by atoms with van der Waals surface area (Å²) in [7, 11) is 0. The molecule has 0 unspecified atom stereocenters. The SMILES string of the molecule is CC(C)(C)[C@H](N)C(=O)Nc1cccc(Cl)c1-n1ccnc1. The molecule has 21 heavy (non-hydrogen) atoms. The summed E-state index contributed by atoms with van der Waals surface area (Å²) in [5.74, 6) is -0.244. The van der Waals surface area contributed by atoms with Crippen LogP contribution < -0.4 is 11.1 Å². The fourth-order valence-electron chi connectivity index (χ4n) is 1.87. The van der Waals surface area contributed by atoms with Crippen molar-refractivity contribution in [1.82, 2.24) is 9.55 Å². The number of rotatable bonds is 3. The van der Waals surface area contributed by atoms with Crippen LogP contribution in [0, 0.1) is 5.41 Å². The van der Waals surface area contributed by atoms with E-state index in [-0.39, 0.29) is 11.3 Å². The number of imidazole rings is 1. The predicted molar refractivity (Wildman–Crippen MR) is 84.6 cm³/mol. The van der Waals surface area contributed by atoms with Gasteiger partial charge >= 0.3 is 0 Å². The van der Waals surface area contributed by atoms with E-state index in [4.69, 9.17) is 17.3 Å². The van der Waals surface area contributed by atoms with Crippen molar-refractivity contribution in [2.45, 2.75) is 26.8 Å². The molecular formula is C15H19ClN4O. The molecule has 6 heteroatoms. The topological polar surface area (TPSA) is 72.9 Å². The third kappa shape index (κ3) is 3.43. The van der Waals surface area contributed by atoms with Crippen LogP contribution in [-0.4, -0.2) is 21.5 Å². The van der Waals surface area contributed by atoms with Gasteiger partial charge in [0.15, 0.2) is 0 Å². The second kappa shape index (κ2) is 5.87. The van der Waals surface area contributed by atoms with E-state index in [9.17, 15) is 4.79 Å². The Morgan fingerprint density at radius 2 is 2.14 bits per heavy atom. The molecule has 0 aliphatic rings. The van der Waals surface area contributed by atoms with Gasteiger partial charge in [0.05, 0.1) is 28.8 Å². The molecule has 112 valence electrons. The van der Waals surface area contributed by atoms with Crippen LogP contribution in [0.25, 0.3) is 5.69 Å². The van der Waals surface area contributed by atoms with E-state index in [1.165, 1.54) is 0 Å². The highest BCUT2D eigenvalue weighted by molar-refractivity contribution is 6.33. The van der Waals surface area contributed by atoms with Crippen LogP contribution in [-0.2, 0) is 4.79 Å². The predicted octanol–water partition coefficient (Wildman–Crippen LogP) is 2.84. The number of amides is 1. The van der Waals surface area contributed by atoms with Crippen LogP contribution in [0.15, 0.2) is 36.9 Å². The number of anilines is 1. The van der Waals surface area contributed by atoms with Crippen molar-refractivity contribution in [2.75, 3.05) is 5.32 Å². The van der Waals surface area contributed by atoms with Crippen LogP contribution in [0.3, 0.4) is 0 Å². The Morgan fingerprint density at radius 3 is 2.71 bits per heavy atom. The first kappa shape index (κ1) is 15.5. The summed E-state index contributed by atoms with van der Waals surface area (Å²) in [6.45, 7) is 5.77. The Labute approximate surface area is 129 Å². The number of nitrogens with zero attached hydrogens (tertiary/aromatic N) is 2. The number of nitrogens with one attached hydrogen (secondary N) is 1. The maximum Gasteiger partial charge on any atom is 0.241 e. The standard InChI is InChI=1S/C15H19ClN4O/c1-15(2,3)13(17)14(21)19-11-6-4-5-10(16)12(11)20-8-7-18-9-20/h4-9,13H,17H2,1-3H3,(H,19,21)/t13-/m1/s1. The van der Waals surface area contributed by atoms with E-state index in [2.05, 4.69) is 10.3 Å². The summed E-state index contributed by atoms with van der Waals surface area (Å²) >= 11 is 6.24. The molecule has 5 nitrogen and oxygen atoms in total. The number of benzene rings is 1. The largest absolute Gasteiger partial charge is 0.323 e. The van der Waals surface area contributed by atoms with Crippen molar-refractivity contribution >= 4 is 23.2 Å². The van der Waals surface area contributed by atoms with Crippen molar-refractivity contribution in [3.05, 3.63) is 41.9 Å². The van der Waals surface area contributed by atoms with E-state index in [0.29, 0.717) is 16.4 Å².